The van der Waals surface area contributed by atoms with Crippen molar-refractivity contribution in [3.05, 3.63) is 70.9 Å². The second kappa shape index (κ2) is 12.6. The lowest BCUT2D eigenvalue weighted by Crippen LogP contribution is -2.44. The van der Waals surface area contributed by atoms with Crippen LogP contribution in [0.15, 0.2) is 48.7 Å². The minimum absolute atomic E-state index is 0.0263. The van der Waals surface area contributed by atoms with E-state index in [4.69, 9.17) is 22.1 Å². The number of Topliss-reactive ketones (excluding diaryl/α,β-unsaturated/α-hetero) is 1. The molecular formula is C26H27ClF2N4O4. The molecule has 0 radical (unpaired) electrons. The van der Waals surface area contributed by atoms with Gasteiger partial charge in [-0.15, -0.1) is 0 Å². The van der Waals surface area contributed by atoms with Gasteiger partial charge in [-0.1, -0.05) is 30.7 Å². The van der Waals surface area contributed by atoms with Crippen molar-refractivity contribution in [2.75, 3.05) is 25.0 Å². The summed E-state index contributed by atoms with van der Waals surface area (Å²) in [4.78, 5) is 41.2. The zero-order chi connectivity index (χ0) is 27.0. The number of fused-ring (bicyclic) bond motifs is 1. The molecule has 196 valence electrons. The van der Waals surface area contributed by atoms with Gasteiger partial charge in [-0.3, -0.25) is 14.9 Å². The lowest BCUT2D eigenvalue weighted by Gasteiger charge is -2.28. The highest BCUT2D eigenvalue weighted by Crippen LogP contribution is 2.27. The van der Waals surface area contributed by atoms with Crippen molar-refractivity contribution >= 4 is 46.0 Å². The zero-order valence-electron chi connectivity index (χ0n) is 20.2. The minimum Gasteiger partial charge on any atom is -0.449 e. The Kier molecular flexibility index (Phi) is 9.48. The molecule has 0 aliphatic carbocycles. The van der Waals surface area contributed by atoms with Crippen LogP contribution in [0.2, 0.25) is 5.02 Å². The molecule has 0 aliphatic rings. The Hall–Kier alpha value is -3.63. The highest BCUT2D eigenvalue weighted by molar-refractivity contribution is 6.31. The number of aromatic nitrogens is 1. The Morgan fingerprint density at radius 1 is 1.14 bits per heavy atom. The average Bonchev–Trinajstić information content (AvgIpc) is 2.87. The summed E-state index contributed by atoms with van der Waals surface area (Å²) in [7, 11) is 0. The molecule has 2 amide bonds. The summed E-state index contributed by atoms with van der Waals surface area (Å²) >= 11 is 5.99. The minimum atomic E-state index is -1.09. The molecule has 8 nitrogen and oxygen atoms in total. The van der Waals surface area contributed by atoms with Gasteiger partial charge in [0.15, 0.2) is 0 Å². The fourth-order valence-corrected chi connectivity index (χ4v) is 3.89. The van der Waals surface area contributed by atoms with Gasteiger partial charge in [-0.05, 0) is 54.1 Å². The van der Waals surface area contributed by atoms with E-state index in [1.165, 1.54) is 36.5 Å². The highest BCUT2D eigenvalue weighted by atomic mass is 35.5. The standard InChI is InChI=1S/C26H27ClF2N4O4/c1-26(15-32-23(35)13-30,21(34)8-6-16-3-2-4-20(29)24(16)27)9-10-37-25(36)33-22-12-18-11-19(28)7-5-17(18)14-31-22/h2-5,7,11-12,14H,6,8-10,13,15,30H2,1H3,(H,32,35)(H,31,33,36). The highest BCUT2D eigenvalue weighted by Gasteiger charge is 2.33. The predicted molar refractivity (Wildman–Crippen MR) is 136 cm³/mol. The Morgan fingerprint density at radius 2 is 1.92 bits per heavy atom. The van der Waals surface area contributed by atoms with Crippen molar-refractivity contribution in [2.45, 2.75) is 26.2 Å². The average molecular weight is 533 g/mol. The van der Waals surface area contributed by atoms with Crippen LogP contribution >= 0.6 is 11.6 Å². The fraction of sp³-hybridized carbons (Fsp3) is 0.308. The molecular weight excluding hydrogens is 506 g/mol. The Bertz CT molecular complexity index is 1310. The molecule has 0 fully saturated rings. The molecule has 11 heteroatoms. The van der Waals surface area contributed by atoms with Gasteiger partial charge in [0.1, 0.15) is 23.2 Å². The molecule has 0 saturated heterocycles. The Labute approximate surface area is 217 Å². The number of halogens is 3. The number of pyridine rings is 1. The molecule has 1 heterocycles. The normalized spacial score (nSPS) is 12.6. The molecule has 37 heavy (non-hydrogen) atoms. The molecule has 1 atom stereocenters. The largest absolute Gasteiger partial charge is 0.449 e. The number of anilines is 1. The molecule has 0 bridgehead atoms. The topological polar surface area (TPSA) is 123 Å². The lowest BCUT2D eigenvalue weighted by atomic mass is 9.80. The summed E-state index contributed by atoms with van der Waals surface area (Å²) < 4.78 is 32.4. The van der Waals surface area contributed by atoms with E-state index in [0.29, 0.717) is 16.3 Å². The van der Waals surface area contributed by atoms with Crippen LogP contribution < -0.4 is 16.4 Å². The molecule has 0 spiro atoms. The van der Waals surface area contributed by atoms with Crippen molar-refractivity contribution in [3.63, 3.8) is 0 Å². The van der Waals surface area contributed by atoms with Gasteiger partial charge in [0, 0.05) is 30.0 Å². The third kappa shape index (κ3) is 7.68. The van der Waals surface area contributed by atoms with Gasteiger partial charge < -0.3 is 15.8 Å². The summed E-state index contributed by atoms with van der Waals surface area (Å²) in [6.45, 7) is 1.22. The van der Waals surface area contributed by atoms with Crippen molar-refractivity contribution in [1.82, 2.24) is 10.3 Å². The number of amides is 2. The number of carbonyl (C=O) groups is 3. The van der Waals surface area contributed by atoms with Crippen molar-refractivity contribution in [3.8, 4) is 0 Å². The molecule has 2 aromatic carbocycles. The van der Waals surface area contributed by atoms with Crippen molar-refractivity contribution < 1.29 is 27.9 Å². The number of nitrogens with two attached hydrogens (primary N) is 1. The van der Waals surface area contributed by atoms with Crippen LogP contribution in [-0.2, 0) is 20.7 Å². The van der Waals surface area contributed by atoms with Crippen molar-refractivity contribution in [1.29, 1.82) is 0 Å². The summed E-state index contributed by atoms with van der Waals surface area (Å²) in [6.07, 6.45) is 1.01. The van der Waals surface area contributed by atoms with Gasteiger partial charge in [-0.25, -0.2) is 18.6 Å². The predicted octanol–water partition coefficient (Wildman–Crippen LogP) is 4.39. The summed E-state index contributed by atoms with van der Waals surface area (Å²) in [5.41, 5.74) is 4.74. The van der Waals surface area contributed by atoms with Crippen LogP contribution in [0.3, 0.4) is 0 Å². The first-order valence-corrected chi connectivity index (χ1v) is 11.9. The van der Waals surface area contributed by atoms with E-state index in [9.17, 15) is 23.2 Å². The van der Waals surface area contributed by atoms with Gasteiger partial charge >= 0.3 is 6.09 Å². The summed E-state index contributed by atoms with van der Waals surface area (Å²) in [6, 6.07) is 10.1. The second-order valence-corrected chi connectivity index (χ2v) is 9.13. The monoisotopic (exact) mass is 532 g/mol. The number of hydrogen-bond acceptors (Lipinski definition) is 6. The first-order chi connectivity index (χ1) is 17.6. The maximum absolute atomic E-state index is 13.7. The molecule has 1 aromatic heterocycles. The quantitative estimate of drug-likeness (QED) is 0.336. The van der Waals surface area contributed by atoms with Gasteiger partial charge in [-0.2, -0.15) is 0 Å². The summed E-state index contributed by atoms with van der Waals surface area (Å²) in [5, 5.41) is 6.29. The van der Waals surface area contributed by atoms with E-state index in [2.05, 4.69) is 15.6 Å². The van der Waals surface area contributed by atoms with Crippen LogP contribution in [0.25, 0.3) is 10.8 Å². The van der Waals surface area contributed by atoms with E-state index in [1.807, 2.05) is 0 Å². The van der Waals surface area contributed by atoms with Crippen LogP contribution in [0, 0.1) is 17.0 Å². The van der Waals surface area contributed by atoms with Crippen LogP contribution in [-0.4, -0.2) is 42.5 Å². The molecule has 0 saturated carbocycles. The Balaban J connectivity index is 1.60. The smallest absolute Gasteiger partial charge is 0.412 e. The van der Waals surface area contributed by atoms with Crippen LogP contribution in [0.4, 0.5) is 19.4 Å². The number of ketones is 1. The third-order valence-corrected chi connectivity index (χ3v) is 6.41. The van der Waals surface area contributed by atoms with Gasteiger partial charge in [0.2, 0.25) is 5.91 Å². The third-order valence-electron chi connectivity index (χ3n) is 5.99. The zero-order valence-corrected chi connectivity index (χ0v) is 20.9. The number of ether oxygens (including phenoxy) is 1. The SMILES string of the molecule is CC(CCOC(=O)Nc1cc2cc(F)ccc2cn1)(CNC(=O)CN)C(=O)CCc1cccc(F)c1Cl. The van der Waals surface area contributed by atoms with E-state index < -0.39 is 29.0 Å². The van der Waals surface area contributed by atoms with E-state index in [1.54, 1.807) is 19.1 Å². The number of carbonyl (C=O) groups excluding carboxylic acids is 3. The fourth-order valence-electron chi connectivity index (χ4n) is 3.67. The number of aryl methyl sites for hydroxylation is 1. The number of nitrogens with zero attached hydrogens (tertiary/aromatic N) is 1. The maximum Gasteiger partial charge on any atom is 0.412 e. The maximum atomic E-state index is 13.7. The number of nitrogens with one attached hydrogen (secondary N) is 2. The Morgan fingerprint density at radius 3 is 2.68 bits per heavy atom. The number of rotatable bonds is 11. The second-order valence-electron chi connectivity index (χ2n) is 8.75. The van der Waals surface area contributed by atoms with E-state index in [0.717, 1.165) is 0 Å². The van der Waals surface area contributed by atoms with E-state index >= 15 is 0 Å². The van der Waals surface area contributed by atoms with Gasteiger partial charge in [0.05, 0.1) is 18.2 Å². The lowest BCUT2D eigenvalue weighted by molar-refractivity contribution is -0.129. The number of hydrogen-bond donors (Lipinski definition) is 3. The van der Waals surface area contributed by atoms with Crippen LogP contribution in [0.5, 0.6) is 0 Å². The molecule has 0 aliphatic heterocycles. The van der Waals surface area contributed by atoms with Crippen molar-refractivity contribution in [2.24, 2.45) is 11.1 Å². The van der Waals surface area contributed by atoms with Gasteiger partial charge in [0.25, 0.3) is 0 Å². The first kappa shape index (κ1) is 27.9. The van der Waals surface area contributed by atoms with E-state index in [-0.39, 0.29) is 55.6 Å². The summed E-state index contributed by atoms with van der Waals surface area (Å²) in [5.74, 6) is -1.49. The molecule has 4 N–H and O–H groups in total. The molecule has 3 rings (SSSR count). The van der Waals surface area contributed by atoms with Crippen LogP contribution in [0.1, 0.15) is 25.3 Å². The first-order valence-electron chi connectivity index (χ1n) is 11.5. The number of benzene rings is 2. The molecule has 3 aromatic rings. The molecule has 1 unspecified atom stereocenters.